The highest BCUT2D eigenvalue weighted by molar-refractivity contribution is 5.94. The third-order valence-electron chi connectivity index (χ3n) is 4.42. The first kappa shape index (κ1) is 14.6. The van der Waals surface area contributed by atoms with Gasteiger partial charge in [-0.25, -0.2) is 4.79 Å². The van der Waals surface area contributed by atoms with E-state index in [0.717, 1.165) is 28.1 Å². The van der Waals surface area contributed by atoms with Crippen LogP contribution < -0.4 is 10.6 Å². The molecule has 0 atom stereocenters. The molecule has 24 heavy (non-hydrogen) atoms. The number of carboxylic acid groups (broad SMARTS) is 1. The fourth-order valence-electron chi connectivity index (χ4n) is 2.86. The fourth-order valence-corrected chi connectivity index (χ4v) is 2.86. The van der Waals surface area contributed by atoms with E-state index in [1.165, 1.54) is 19.3 Å². The van der Waals surface area contributed by atoms with Crippen molar-refractivity contribution in [2.45, 2.75) is 25.3 Å². The van der Waals surface area contributed by atoms with E-state index in [0.29, 0.717) is 6.04 Å². The van der Waals surface area contributed by atoms with Crippen molar-refractivity contribution in [3.8, 4) is 0 Å². The Balaban J connectivity index is 1.58. The van der Waals surface area contributed by atoms with Crippen LogP contribution in [0.1, 0.15) is 29.6 Å². The monoisotopic (exact) mass is 322 g/mol. The number of nitrogens with one attached hydrogen (secondary N) is 3. The van der Waals surface area contributed by atoms with E-state index >= 15 is 0 Å². The molecule has 6 nitrogen and oxygen atoms in total. The molecule has 4 N–H and O–H groups in total. The molecule has 0 unspecified atom stereocenters. The summed E-state index contributed by atoms with van der Waals surface area (Å²) in [6.07, 6.45) is 7.37. The van der Waals surface area contributed by atoms with Gasteiger partial charge in [-0.1, -0.05) is 0 Å². The highest BCUT2D eigenvalue weighted by Crippen LogP contribution is 2.30. The lowest BCUT2D eigenvalue weighted by atomic mass is 9.93. The Morgan fingerprint density at radius 2 is 2.00 bits per heavy atom. The molecule has 1 saturated carbocycles. The Morgan fingerprint density at radius 3 is 2.67 bits per heavy atom. The van der Waals surface area contributed by atoms with Crippen molar-refractivity contribution < 1.29 is 9.90 Å². The lowest BCUT2D eigenvalue weighted by Gasteiger charge is -2.27. The summed E-state index contributed by atoms with van der Waals surface area (Å²) < 4.78 is 0. The van der Waals surface area contributed by atoms with Crippen molar-refractivity contribution in [3.63, 3.8) is 0 Å². The Labute approximate surface area is 138 Å². The maximum absolute atomic E-state index is 10.9. The van der Waals surface area contributed by atoms with Gasteiger partial charge in [0.2, 0.25) is 0 Å². The van der Waals surface area contributed by atoms with Crippen LogP contribution in [0.5, 0.6) is 0 Å². The number of hydrogen-bond acceptors (Lipinski definition) is 4. The summed E-state index contributed by atoms with van der Waals surface area (Å²) in [6, 6.07) is 9.26. The van der Waals surface area contributed by atoms with Gasteiger partial charge < -0.3 is 20.7 Å². The molecule has 6 heteroatoms. The van der Waals surface area contributed by atoms with Gasteiger partial charge in [0, 0.05) is 17.1 Å². The van der Waals surface area contributed by atoms with Crippen LogP contribution in [0, 0.1) is 0 Å². The van der Waals surface area contributed by atoms with Gasteiger partial charge in [-0.2, -0.15) is 0 Å². The first-order chi connectivity index (χ1) is 11.7. The molecule has 0 spiro atoms. The van der Waals surface area contributed by atoms with Crippen LogP contribution in [0.4, 0.5) is 17.2 Å². The summed E-state index contributed by atoms with van der Waals surface area (Å²) in [7, 11) is 0. The summed E-state index contributed by atoms with van der Waals surface area (Å²) in [5.41, 5.74) is 3.10. The molecule has 0 saturated heterocycles. The molecule has 0 bridgehead atoms. The minimum Gasteiger partial charge on any atom is -0.478 e. The second-order valence-electron chi connectivity index (χ2n) is 6.11. The maximum atomic E-state index is 10.9. The molecule has 1 fully saturated rings. The average Bonchev–Trinajstić information content (AvgIpc) is 2.94. The van der Waals surface area contributed by atoms with Crippen LogP contribution in [0.2, 0.25) is 0 Å². The highest BCUT2D eigenvalue weighted by Gasteiger charge is 2.18. The second kappa shape index (κ2) is 5.88. The lowest BCUT2D eigenvalue weighted by molar-refractivity contribution is 0.0697. The average molecular weight is 322 g/mol. The van der Waals surface area contributed by atoms with E-state index in [1.54, 1.807) is 30.5 Å². The number of pyridine rings is 1. The molecule has 0 amide bonds. The number of rotatable bonds is 5. The Kier molecular flexibility index (Phi) is 3.57. The predicted octanol–water partition coefficient (Wildman–Crippen LogP) is 3.97. The summed E-state index contributed by atoms with van der Waals surface area (Å²) in [6.45, 7) is 0. The number of carboxylic acids is 1. The number of hydrogen-bond donors (Lipinski definition) is 4. The fraction of sp³-hybridized carbons (Fsp3) is 0.222. The molecule has 4 rings (SSSR count). The van der Waals surface area contributed by atoms with Crippen molar-refractivity contribution in [2.24, 2.45) is 0 Å². The molecule has 0 aliphatic heterocycles. The Hall–Kier alpha value is -3.02. The number of nitrogens with zero attached hydrogens (tertiary/aromatic N) is 1. The molecular weight excluding hydrogens is 304 g/mol. The Morgan fingerprint density at radius 1 is 1.21 bits per heavy atom. The maximum Gasteiger partial charge on any atom is 0.335 e. The molecule has 0 radical (unpaired) electrons. The highest BCUT2D eigenvalue weighted by atomic mass is 16.4. The van der Waals surface area contributed by atoms with Crippen molar-refractivity contribution >= 4 is 34.1 Å². The van der Waals surface area contributed by atoms with Crippen LogP contribution >= 0.6 is 0 Å². The van der Waals surface area contributed by atoms with Gasteiger partial charge in [-0.05, 0) is 49.6 Å². The summed E-state index contributed by atoms with van der Waals surface area (Å²) >= 11 is 0. The first-order valence-corrected chi connectivity index (χ1v) is 8.03. The number of benzene rings is 1. The van der Waals surface area contributed by atoms with Crippen LogP contribution in [0.3, 0.4) is 0 Å². The van der Waals surface area contributed by atoms with Crippen LogP contribution in [-0.4, -0.2) is 27.1 Å². The summed E-state index contributed by atoms with van der Waals surface area (Å²) in [5.74, 6) is -0.0809. The number of anilines is 3. The van der Waals surface area contributed by atoms with Gasteiger partial charge >= 0.3 is 5.97 Å². The second-order valence-corrected chi connectivity index (χ2v) is 6.11. The SMILES string of the molecule is O=C(O)c1ccc(Nc2cc3c(NC4CCC4)cncc3[nH]2)cc1. The number of aromatic amines is 1. The first-order valence-electron chi connectivity index (χ1n) is 8.03. The number of aromatic nitrogens is 2. The standard InChI is InChI=1S/C18H18N4O2/c23-18(24)11-4-6-13(7-5-11)21-17-8-14-15(20-12-2-1-3-12)9-19-10-16(14)22-17/h4-10,12,20-22H,1-3H2,(H,23,24). The van der Waals surface area contributed by atoms with Crippen LogP contribution in [-0.2, 0) is 0 Å². The summed E-state index contributed by atoms with van der Waals surface area (Å²) in [4.78, 5) is 18.5. The van der Waals surface area contributed by atoms with E-state index in [9.17, 15) is 4.79 Å². The third kappa shape index (κ3) is 2.78. The lowest BCUT2D eigenvalue weighted by Crippen LogP contribution is -2.27. The largest absolute Gasteiger partial charge is 0.478 e. The van der Waals surface area contributed by atoms with Crippen molar-refractivity contribution in [1.82, 2.24) is 9.97 Å². The summed E-state index contributed by atoms with van der Waals surface area (Å²) in [5, 5.41) is 16.9. The van der Waals surface area contributed by atoms with E-state index in [-0.39, 0.29) is 5.56 Å². The molecule has 3 aromatic rings. The Bertz CT molecular complexity index is 882. The molecule has 2 heterocycles. The van der Waals surface area contributed by atoms with Crippen LogP contribution in [0.25, 0.3) is 10.9 Å². The van der Waals surface area contributed by atoms with Gasteiger partial charge in [0.25, 0.3) is 0 Å². The minimum absolute atomic E-state index is 0.272. The van der Waals surface area contributed by atoms with E-state index in [1.807, 2.05) is 12.3 Å². The van der Waals surface area contributed by atoms with Gasteiger partial charge in [0.15, 0.2) is 0 Å². The minimum atomic E-state index is -0.926. The third-order valence-corrected chi connectivity index (χ3v) is 4.42. The predicted molar refractivity (Wildman–Crippen MR) is 94.0 cm³/mol. The zero-order valence-corrected chi connectivity index (χ0v) is 13.0. The molecule has 122 valence electrons. The van der Waals surface area contributed by atoms with E-state index < -0.39 is 5.97 Å². The van der Waals surface area contributed by atoms with Gasteiger partial charge in [-0.3, -0.25) is 4.98 Å². The number of carbonyl (C=O) groups is 1. The van der Waals surface area contributed by atoms with Crippen LogP contribution in [0.15, 0.2) is 42.7 Å². The van der Waals surface area contributed by atoms with Crippen molar-refractivity contribution in [1.29, 1.82) is 0 Å². The quantitative estimate of drug-likeness (QED) is 0.571. The molecule has 1 aliphatic carbocycles. The smallest absolute Gasteiger partial charge is 0.335 e. The number of H-pyrrole nitrogens is 1. The van der Waals surface area contributed by atoms with Gasteiger partial charge in [-0.15, -0.1) is 0 Å². The van der Waals surface area contributed by atoms with E-state index in [2.05, 4.69) is 20.6 Å². The van der Waals surface area contributed by atoms with Crippen molar-refractivity contribution in [2.75, 3.05) is 10.6 Å². The normalized spacial score (nSPS) is 14.3. The topological polar surface area (TPSA) is 90.0 Å². The molecule has 1 aliphatic rings. The van der Waals surface area contributed by atoms with Gasteiger partial charge in [0.05, 0.1) is 29.2 Å². The molecule has 1 aromatic carbocycles. The zero-order chi connectivity index (χ0) is 16.5. The van der Waals surface area contributed by atoms with Crippen molar-refractivity contribution in [3.05, 3.63) is 48.3 Å². The number of aromatic carboxylic acids is 1. The van der Waals surface area contributed by atoms with Gasteiger partial charge in [0.1, 0.15) is 5.82 Å². The molecule has 2 aromatic heterocycles. The molecular formula is C18H18N4O2. The number of fused-ring (bicyclic) bond motifs is 1. The zero-order valence-electron chi connectivity index (χ0n) is 13.0. The van der Waals surface area contributed by atoms with E-state index in [4.69, 9.17) is 5.11 Å².